The Labute approximate surface area is 291 Å². The molecule has 12 heteroatoms. The molecule has 12 nitrogen and oxygen atoms in total. The molecule has 6 unspecified atom stereocenters. The zero-order valence-electron chi connectivity index (χ0n) is 30.4. The van der Waals surface area contributed by atoms with Crippen molar-refractivity contribution in [3.05, 3.63) is 35.4 Å². The monoisotopic (exact) mass is 679 g/mol. The summed E-state index contributed by atoms with van der Waals surface area (Å²) in [6.07, 6.45) is 5.41. The van der Waals surface area contributed by atoms with Gasteiger partial charge in [-0.05, 0) is 88.7 Å². The summed E-state index contributed by atoms with van der Waals surface area (Å²) in [7, 11) is 7.75. The van der Waals surface area contributed by atoms with Crippen LogP contribution in [0.4, 0.5) is 4.79 Å². The third kappa shape index (κ3) is 5.87. The van der Waals surface area contributed by atoms with E-state index in [9.17, 15) is 14.7 Å². The maximum Gasteiger partial charge on any atom is 0.415 e. The fourth-order valence-electron chi connectivity index (χ4n) is 10.0. The second-order valence-electron chi connectivity index (χ2n) is 15.8. The van der Waals surface area contributed by atoms with E-state index >= 15 is 0 Å². The lowest BCUT2D eigenvalue weighted by Crippen LogP contribution is -2.65. The number of likely N-dealkylation sites (tertiary alicyclic amines) is 1. The predicted octanol–water partition coefficient (Wildman–Crippen LogP) is 2.32. The molecule has 0 aromatic heterocycles. The molecule has 49 heavy (non-hydrogen) atoms. The van der Waals surface area contributed by atoms with Crippen LogP contribution in [0.2, 0.25) is 0 Å². The smallest absolute Gasteiger partial charge is 0.415 e. The van der Waals surface area contributed by atoms with E-state index in [4.69, 9.17) is 20.9 Å². The number of ether oxygens (including phenoxy) is 2. The second-order valence-corrected chi connectivity index (χ2v) is 15.8. The summed E-state index contributed by atoms with van der Waals surface area (Å²) >= 11 is 0. The van der Waals surface area contributed by atoms with Crippen LogP contribution in [-0.2, 0) is 16.6 Å². The maximum absolute atomic E-state index is 14.2. The molecule has 1 aromatic carbocycles. The van der Waals surface area contributed by atoms with Crippen molar-refractivity contribution in [2.24, 2.45) is 46.0 Å². The average Bonchev–Trinajstić information content (AvgIpc) is 3.41. The van der Waals surface area contributed by atoms with E-state index in [-0.39, 0.29) is 53.2 Å². The molecule has 5 aliphatic rings. The van der Waals surface area contributed by atoms with Gasteiger partial charge in [0, 0.05) is 36.5 Å². The molecule has 2 amide bonds. The maximum atomic E-state index is 14.2. The van der Waals surface area contributed by atoms with E-state index in [1.165, 1.54) is 5.56 Å². The van der Waals surface area contributed by atoms with Gasteiger partial charge in [0.1, 0.15) is 12.2 Å². The summed E-state index contributed by atoms with van der Waals surface area (Å²) in [6, 6.07) is 3.29. The van der Waals surface area contributed by atoms with E-state index in [0.29, 0.717) is 48.8 Å². The zero-order valence-corrected chi connectivity index (χ0v) is 30.4. The van der Waals surface area contributed by atoms with Crippen molar-refractivity contribution in [1.29, 1.82) is 0 Å². The Morgan fingerprint density at radius 1 is 1.12 bits per heavy atom. The van der Waals surface area contributed by atoms with Crippen LogP contribution in [0, 0.1) is 29.6 Å². The number of nitrogens with zero attached hydrogens (tertiary/aromatic N) is 4. The Balaban J connectivity index is 1.25. The number of rotatable bonds is 9. The van der Waals surface area contributed by atoms with Gasteiger partial charge in [0.2, 0.25) is 5.91 Å². The number of aliphatic hydroxyl groups excluding tert-OH is 1. The van der Waals surface area contributed by atoms with Gasteiger partial charge >= 0.3 is 6.09 Å². The van der Waals surface area contributed by atoms with Crippen LogP contribution in [0.3, 0.4) is 0 Å². The van der Waals surface area contributed by atoms with Gasteiger partial charge in [0.25, 0.3) is 0 Å². The minimum absolute atomic E-state index is 0.0414. The molecule has 270 valence electrons. The molecule has 2 bridgehead atoms. The number of hydrogen-bond acceptors (Lipinski definition) is 8. The van der Waals surface area contributed by atoms with E-state index in [1.54, 1.807) is 11.9 Å². The standard InChI is InChI=1S/C37H57N7O5/c1-19-20(2)22(4)31(30(21(19)3)41-34(46)25(42(5)6)10-9-16-40-35(38)39)44(8)36(47)48-28-14-11-23-18-26-24-12-13-27(45)33-37(24,15-17-43(26)7)29(23)32(28)49-33/h11-14,19-22,24-27,30-31,33,45H,9-10,15-18H2,1-8H3,(H,41,46)(H4,38,39,40)/t19?,20?,21?,22?,24-,25-,26+,27-,30?,31?,33-,37-/m0/s1. The molecule has 1 saturated heterocycles. The molecule has 2 aliphatic heterocycles. The highest BCUT2D eigenvalue weighted by atomic mass is 16.6. The van der Waals surface area contributed by atoms with Crippen LogP contribution in [0.25, 0.3) is 0 Å². The van der Waals surface area contributed by atoms with Crippen molar-refractivity contribution < 1.29 is 24.2 Å². The molecular formula is C37H57N7O5. The Hall–Kier alpha value is -3.35. The molecule has 1 aromatic rings. The van der Waals surface area contributed by atoms with Gasteiger partial charge in [-0.3, -0.25) is 14.7 Å². The third-order valence-electron chi connectivity index (χ3n) is 13.2. The van der Waals surface area contributed by atoms with Crippen molar-refractivity contribution in [2.75, 3.05) is 41.3 Å². The van der Waals surface area contributed by atoms with Gasteiger partial charge in [-0.2, -0.15) is 0 Å². The summed E-state index contributed by atoms with van der Waals surface area (Å²) in [5, 5.41) is 14.5. The topological polar surface area (TPSA) is 159 Å². The largest absolute Gasteiger partial charge is 0.482 e. The van der Waals surface area contributed by atoms with Gasteiger partial charge in [-0.1, -0.05) is 45.9 Å². The zero-order chi connectivity index (χ0) is 35.5. The van der Waals surface area contributed by atoms with Gasteiger partial charge < -0.3 is 41.2 Å². The van der Waals surface area contributed by atoms with Gasteiger partial charge in [-0.25, -0.2) is 4.79 Å². The number of aliphatic imine (C=N–C) groups is 1. The first-order valence-electron chi connectivity index (χ1n) is 18.1. The van der Waals surface area contributed by atoms with Crippen LogP contribution in [0.15, 0.2) is 29.3 Å². The highest BCUT2D eigenvalue weighted by Crippen LogP contribution is 2.62. The minimum Gasteiger partial charge on any atom is -0.482 e. The molecular weight excluding hydrogens is 622 g/mol. The Morgan fingerprint density at radius 2 is 1.84 bits per heavy atom. The summed E-state index contributed by atoms with van der Waals surface area (Å²) in [6.45, 7) is 10.2. The van der Waals surface area contributed by atoms with Crippen molar-refractivity contribution in [3.8, 4) is 11.5 Å². The molecule has 0 radical (unpaired) electrons. The molecule has 2 fully saturated rings. The number of piperidine rings is 1. The average molecular weight is 680 g/mol. The number of likely N-dealkylation sites (N-methyl/N-ethyl adjacent to an activating group) is 3. The number of amides is 2. The lowest BCUT2D eigenvalue weighted by molar-refractivity contribution is -0.129. The number of guanidine groups is 1. The van der Waals surface area contributed by atoms with Crippen LogP contribution in [0.5, 0.6) is 11.5 Å². The van der Waals surface area contributed by atoms with Gasteiger partial charge in [-0.15, -0.1) is 0 Å². The first kappa shape index (κ1) is 35.5. The van der Waals surface area contributed by atoms with E-state index in [2.05, 4.69) is 62.1 Å². The van der Waals surface area contributed by atoms with E-state index in [1.807, 2.05) is 31.1 Å². The Morgan fingerprint density at radius 3 is 2.53 bits per heavy atom. The summed E-state index contributed by atoms with van der Waals surface area (Å²) in [5.74, 6) is 1.98. The Kier molecular flexibility index (Phi) is 9.71. The molecule has 1 saturated carbocycles. The number of aliphatic hydroxyl groups is 1. The van der Waals surface area contributed by atoms with Gasteiger partial charge in [0.05, 0.1) is 18.1 Å². The highest BCUT2D eigenvalue weighted by molar-refractivity contribution is 5.82. The lowest BCUT2D eigenvalue weighted by atomic mass is 9.53. The molecule has 6 N–H and O–H groups in total. The summed E-state index contributed by atoms with van der Waals surface area (Å²) in [4.78, 5) is 38.2. The number of nitrogens with two attached hydrogens (primary N) is 2. The molecule has 2 heterocycles. The molecule has 3 aliphatic carbocycles. The number of hydrogen-bond donors (Lipinski definition) is 4. The van der Waals surface area contributed by atoms with Crippen molar-refractivity contribution in [2.45, 2.75) is 95.2 Å². The lowest BCUT2D eigenvalue weighted by Gasteiger charge is -2.56. The van der Waals surface area contributed by atoms with E-state index < -0.39 is 18.3 Å². The fraction of sp³-hybridized carbons (Fsp3) is 0.703. The first-order valence-corrected chi connectivity index (χ1v) is 18.1. The van der Waals surface area contributed by atoms with Crippen LogP contribution >= 0.6 is 0 Å². The van der Waals surface area contributed by atoms with Crippen molar-refractivity contribution in [3.63, 3.8) is 0 Å². The molecule has 6 rings (SSSR count). The summed E-state index contributed by atoms with van der Waals surface area (Å²) in [5.41, 5.74) is 13.0. The quantitative estimate of drug-likeness (QED) is 0.133. The number of carbonyl (C=O) groups is 2. The van der Waals surface area contributed by atoms with E-state index in [0.717, 1.165) is 24.9 Å². The van der Waals surface area contributed by atoms with Gasteiger partial charge in [0.15, 0.2) is 17.5 Å². The Bertz CT molecular complexity index is 1500. The fourth-order valence-corrected chi connectivity index (χ4v) is 10.0. The second kappa shape index (κ2) is 13.4. The first-order chi connectivity index (χ1) is 23.2. The van der Waals surface area contributed by atoms with Crippen LogP contribution in [0.1, 0.15) is 58.1 Å². The SMILES string of the molecule is CC1C(C)C(C)C(N(C)C(=O)Oc2ccc3c4c2O[C@H]2[C@@H](O)C=C[C@H]5[C@@H](C3)N(C)CC[C@@]452)C(NC(=O)[C@H](CCCN=C(N)N)N(C)C)C1C. The number of carbonyl (C=O) groups excluding carboxylic acids is 2. The van der Waals surface area contributed by atoms with Crippen LogP contribution < -0.4 is 26.3 Å². The number of benzene rings is 1. The number of nitrogens with one attached hydrogen (secondary N) is 1. The van der Waals surface area contributed by atoms with Crippen LogP contribution in [-0.4, -0.2) is 115 Å². The predicted molar refractivity (Wildman–Crippen MR) is 189 cm³/mol. The third-order valence-corrected chi connectivity index (χ3v) is 13.2. The minimum atomic E-state index is -0.736. The van der Waals surface area contributed by atoms with Crippen molar-refractivity contribution >= 4 is 18.0 Å². The van der Waals surface area contributed by atoms with Crippen molar-refractivity contribution in [1.82, 2.24) is 20.0 Å². The highest BCUT2D eigenvalue weighted by Gasteiger charge is 2.64. The molecule has 1 spiro atoms. The summed E-state index contributed by atoms with van der Waals surface area (Å²) < 4.78 is 12.9. The molecule has 12 atom stereocenters. The normalized spacial score (nSPS) is 36.4.